The Labute approximate surface area is 124 Å². The molecule has 0 saturated carbocycles. The second-order valence-electron chi connectivity index (χ2n) is 6.48. The standard InChI is InChI=1S/C18H30N2/c1-4-10-19-12-16(3)18-7-5-17(6-8-18)14-20-11-9-15(2)13-20/h5-8,15-16,19H,4,9-14H2,1-3H3. The summed E-state index contributed by atoms with van der Waals surface area (Å²) in [5.41, 5.74) is 2.91. The normalized spacial score (nSPS) is 21.2. The van der Waals surface area contributed by atoms with Gasteiger partial charge in [0.25, 0.3) is 0 Å². The fourth-order valence-electron chi connectivity index (χ4n) is 2.99. The third-order valence-electron chi connectivity index (χ3n) is 4.34. The van der Waals surface area contributed by atoms with Crippen molar-refractivity contribution >= 4 is 0 Å². The van der Waals surface area contributed by atoms with E-state index in [-0.39, 0.29) is 0 Å². The molecule has 112 valence electrons. The van der Waals surface area contributed by atoms with Gasteiger partial charge in [0.1, 0.15) is 0 Å². The van der Waals surface area contributed by atoms with Crippen molar-refractivity contribution in [3.8, 4) is 0 Å². The first-order chi connectivity index (χ1) is 9.69. The molecule has 1 saturated heterocycles. The maximum Gasteiger partial charge on any atom is 0.0233 e. The van der Waals surface area contributed by atoms with Crippen molar-refractivity contribution in [3.05, 3.63) is 35.4 Å². The van der Waals surface area contributed by atoms with Gasteiger partial charge in [0, 0.05) is 19.6 Å². The molecule has 2 atom stereocenters. The van der Waals surface area contributed by atoms with Crippen molar-refractivity contribution in [3.63, 3.8) is 0 Å². The van der Waals surface area contributed by atoms with Gasteiger partial charge in [0.15, 0.2) is 0 Å². The van der Waals surface area contributed by atoms with Crippen LogP contribution in [0.5, 0.6) is 0 Å². The van der Waals surface area contributed by atoms with Crippen molar-refractivity contribution in [2.45, 2.75) is 46.1 Å². The van der Waals surface area contributed by atoms with Gasteiger partial charge in [-0.3, -0.25) is 4.90 Å². The first-order valence-corrected chi connectivity index (χ1v) is 8.21. The van der Waals surface area contributed by atoms with E-state index in [1.807, 2.05) is 0 Å². The van der Waals surface area contributed by atoms with Gasteiger partial charge in [-0.15, -0.1) is 0 Å². The predicted molar refractivity (Wildman–Crippen MR) is 87.1 cm³/mol. The van der Waals surface area contributed by atoms with Crippen LogP contribution in [0.4, 0.5) is 0 Å². The molecule has 20 heavy (non-hydrogen) atoms. The average Bonchev–Trinajstić information content (AvgIpc) is 2.85. The van der Waals surface area contributed by atoms with E-state index in [0.717, 1.165) is 25.6 Å². The van der Waals surface area contributed by atoms with Crippen LogP contribution in [0.2, 0.25) is 0 Å². The van der Waals surface area contributed by atoms with Crippen LogP contribution in [-0.4, -0.2) is 31.1 Å². The lowest BCUT2D eigenvalue weighted by molar-refractivity contribution is 0.320. The molecule has 0 aromatic heterocycles. The number of rotatable bonds is 7. The Morgan fingerprint density at radius 1 is 1.30 bits per heavy atom. The third kappa shape index (κ3) is 4.60. The topological polar surface area (TPSA) is 15.3 Å². The highest BCUT2D eigenvalue weighted by Crippen LogP contribution is 2.20. The van der Waals surface area contributed by atoms with Gasteiger partial charge < -0.3 is 5.32 Å². The monoisotopic (exact) mass is 274 g/mol. The first kappa shape index (κ1) is 15.5. The summed E-state index contributed by atoms with van der Waals surface area (Å²) >= 11 is 0. The number of nitrogens with one attached hydrogen (secondary N) is 1. The van der Waals surface area contributed by atoms with Crippen LogP contribution in [-0.2, 0) is 6.54 Å². The molecule has 0 radical (unpaired) electrons. The van der Waals surface area contributed by atoms with E-state index in [2.05, 4.69) is 55.3 Å². The fraction of sp³-hybridized carbons (Fsp3) is 0.667. The zero-order valence-electron chi connectivity index (χ0n) is 13.4. The molecule has 0 spiro atoms. The van der Waals surface area contributed by atoms with E-state index in [1.54, 1.807) is 0 Å². The lowest BCUT2D eigenvalue weighted by Gasteiger charge is -2.17. The molecule has 1 aliphatic rings. The lowest BCUT2D eigenvalue weighted by atomic mass is 9.99. The molecule has 1 aliphatic heterocycles. The van der Waals surface area contributed by atoms with Crippen molar-refractivity contribution < 1.29 is 0 Å². The van der Waals surface area contributed by atoms with Crippen LogP contribution in [0.3, 0.4) is 0 Å². The van der Waals surface area contributed by atoms with Crippen molar-refractivity contribution in [2.24, 2.45) is 5.92 Å². The van der Waals surface area contributed by atoms with Gasteiger partial charge in [-0.1, -0.05) is 45.0 Å². The minimum atomic E-state index is 0.599. The lowest BCUT2D eigenvalue weighted by Crippen LogP contribution is -2.21. The highest BCUT2D eigenvalue weighted by molar-refractivity contribution is 5.25. The molecule has 2 rings (SSSR count). The van der Waals surface area contributed by atoms with Crippen molar-refractivity contribution in [1.29, 1.82) is 0 Å². The summed E-state index contributed by atoms with van der Waals surface area (Å²) in [6.07, 6.45) is 2.57. The zero-order chi connectivity index (χ0) is 14.4. The second kappa shape index (κ2) is 7.80. The predicted octanol–water partition coefficient (Wildman–Crippen LogP) is 3.63. The highest BCUT2D eigenvalue weighted by Gasteiger charge is 2.18. The fourth-order valence-corrected chi connectivity index (χ4v) is 2.99. The molecule has 1 aromatic rings. The summed E-state index contributed by atoms with van der Waals surface area (Å²) in [7, 11) is 0. The second-order valence-corrected chi connectivity index (χ2v) is 6.48. The molecule has 2 nitrogen and oxygen atoms in total. The molecule has 2 unspecified atom stereocenters. The summed E-state index contributed by atoms with van der Waals surface area (Å²) in [6.45, 7) is 12.7. The van der Waals surface area contributed by atoms with Crippen LogP contribution < -0.4 is 5.32 Å². The van der Waals surface area contributed by atoms with E-state index in [4.69, 9.17) is 0 Å². The van der Waals surface area contributed by atoms with Crippen molar-refractivity contribution in [1.82, 2.24) is 10.2 Å². The van der Waals surface area contributed by atoms with Crippen LogP contribution >= 0.6 is 0 Å². The molecule has 2 heteroatoms. The number of benzene rings is 1. The molecule has 1 heterocycles. The molecular formula is C18H30N2. The maximum absolute atomic E-state index is 3.50. The summed E-state index contributed by atoms with van der Waals surface area (Å²) in [5, 5.41) is 3.50. The molecule has 1 fully saturated rings. The summed E-state index contributed by atoms with van der Waals surface area (Å²) in [4.78, 5) is 2.58. The summed E-state index contributed by atoms with van der Waals surface area (Å²) in [6, 6.07) is 9.25. The number of nitrogens with zero attached hydrogens (tertiary/aromatic N) is 1. The van der Waals surface area contributed by atoms with Gasteiger partial charge in [-0.25, -0.2) is 0 Å². The molecule has 0 amide bonds. The van der Waals surface area contributed by atoms with Crippen LogP contribution in [0.15, 0.2) is 24.3 Å². The van der Waals surface area contributed by atoms with E-state index in [0.29, 0.717) is 5.92 Å². The molecule has 1 aromatic carbocycles. The van der Waals surface area contributed by atoms with Gasteiger partial charge in [0.05, 0.1) is 0 Å². The molecular weight excluding hydrogens is 244 g/mol. The van der Waals surface area contributed by atoms with E-state index >= 15 is 0 Å². The molecule has 0 bridgehead atoms. The SMILES string of the molecule is CCCNCC(C)c1ccc(CN2CCC(C)C2)cc1. The average molecular weight is 274 g/mol. The minimum absolute atomic E-state index is 0.599. The Kier molecular flexibility index (Phi) is 6.06. The largest absolute Gasteiger partial charge is 0.316 e. The van der Waals surface area contributed by atoms with Gasteiger partial charge in [-0.05, 0) is 48.9 Å². The van der Waals surface area contributed by atoms with Gasteiger partial charge >= 0.3 is 0 Å². The van der Waals surface area contributed by atoms with E-state index in [9.17, 15) is 0 Å². The maximum atomic E-state index is 3.50. The summed E-state index contributed by atoms with van der Waals surface area (Å²) in [5.74, 6) is 1.47. The van der Waals surface area contributed by atoms with Gasteiger partial charge in [-0.2, -0.15) is 0 Å². The van der Waals surface area contributed by atoms with Crippen LogP contribution in [0, 0.1) is 5.92 Å². The first-order valence-electron chi connectivity index (χ1n) is 8.21. The number of hydrogen-bond donors (Lipinski definition) is 1. The van der Waals surface area contributed by atoms with Crippen LogP contribution in [0.1, 0.15) is 50.7 Å². The Hall–Kier alpha value is -0.860. The van der Waals surface area contributed by atoms with E-state index < -0.39 is 0 Å². The zero-order valence-corrected chi connectivity index (χ0v) is 13.4. The Balaban J connectivity index is 1.82. The Morgan fingerprint density at radius 2 is 2.05 bits per heavy atom. The van der Waals surface area contributed by atoms with Gasteiger partial charge in [0.2, 0.25) is 0 Å². The smallest absolute Gasteiger partial charge is 0.0233 e. The summed E-state index contributed by atoms with van der Waals surface area (Å²) < 4.78 is 0. The highest BCUT2D eigenvalue weighted by atomic mass is 15.1. The van der Waals surface area contributed by atoms with E-state index in [1.165, 1.54) is 37.1 Å². The quantitative estimate of drug-likeness (QED) is 0.764. The Morgan fingerprint density at radius 3 is 2.65 bits per heavy atom. The number of likely N-dealkylation sites (tertiary alicyclic amines) is 1. The Bertz CT molecular complexity index is 385. The van der Waals surface area contributed by atoms with Crippen LogP contribution in [0.25, 0.3) is 0 Å². The van der Waals surface area contributed by atoms with Crippen molar-refractivity contribution in [2.75, 3.05) is 26.2 Å². The minimum Gasteiger partial charge on any atom is -0.316 e. The molecule has 1 N–H and O–H groups in total. The molecule has 0 aliphatic carbocycles. The number of hydrogen-bond acceptors (Lipinski definition) is 2. The third-order valence-corrected chi connectivity index (χ3v) is 4.34.